The molecule has 1 amide bonds. The number of hydrogen-bond acceptors (Lipinski definition) is 7. The summed E-state index contributed by atoms with van der Waals surface area (Å²) in [5.74, 6) is -0.629. The lowest BCUT2D eigenvalue weighted by Gasteiger charge is -2.38. The molecule has 2 saturated heterocycles. The summed E-state index contributed by atoms with van der Waals surface area (Å²) in [4.78, 5) is 22.0. The lowest BCUT2D eigenvalue weighted by molar-refractivity contribution is -0.201. The molecule has 1 N–H and O–H groups in total. The van der Waals surface area contributed by atoms with Gasteiger partial charge in [-0.15, -0.1) is 0 Å². The minimum atomic E-state index is -4.48. The van der Waals surface area contributed by atoms with Crippen LogP contribution in [0.2, 0.25) is 0 Å². The van der Waals surface area contributed by atoms with E-state index in [1.54, 1.807) is 30.3 Å². The fourth-order valence-electron chi connectivity index (χ4n) is 5.65. The Bertz CT molecular complexity index is 1280. The molecule has 2 fully saturated rings. The van der Waals surface area contributed by atoms with Gasteiger partial charge in [-0.25, -0.2) is 18.7 Å². The first-order chi connectivity index (χ1) is 21.1. The highest BCUT2D eigenvalue weighted by Crippen LogP contribution is 2.38. The van der Waals surface area contributed by atoms with Crippen molar-refractivity contribution in [2.45, 2.75) is 69.1 Å². The van der Waals surface area contributed by atoms with Gasteiger partial charge in [-0.05, 0) is 81.4 Å². The predicted molar refractivity (Wildman–Crippen MR) is 159 cm³/mol. The summed E-state index contributed by atoms with van der Waals surface area (Å²) < 4.78 is 79.0. The number of alkyl halides is 3. The van der Waals surface area contributed by atoms with E-state index in [4.69, 9.17) is 14.3 Å². The van der Waals surface area contributed by atoms with Crippen LogP contribution in [0.5, 0.6) is 5.75 Å². The Labute approximate surface area is 257 Å². The van der Waals surface area contributed by atoms with Crippen molar-refractivity contribution in [2.75, 3.05) is 45.9 Å². The summed E-state index contributed by atoms with van der Waals surface area (Å²) in [5.41, 5.74) is 1.96. The lowest BCUT2D eigenvalue weighted by atomic mass is 9.93. The van der Waals surface area contributed by atoms with Crippen molar-refractivity contribution in [1.82, 2.24) is 14.7 Å². The first-order valence-electron chi connectivity index (χ1n) is 15.2. The van der Waals surface area contributed by atoms with Gasteiger partial charge in [0.15, 0.2) is 11.0 Å². The van der Waals surface area contributed by atoms with E-state index >= 15 is 0 Å². The Kier molecular flexibility index (Phi) is 12.1. The maximum absolute atomic E-state index is 14.8. The molecule has 13 heteroatoms. The quantitative estimate of drug-likeness (QED) is 0.271. The summed E-state index contributed by atoms with van der Waals surface area (Å²) in [5, 5.41) is 0. The average molecular weight is 642 g/mol. The van der Waals surface area contributed by atoms with E-state index in [0.717, 1.165) is 50.9 Å². The number of nitrogens with zero attached hydrogens (tertiary/aromatic N) is 2. The first kappa shape index (κ1) is 34.2. The van der Waals surface area contributed by atoms with E-state index in [9.17, 15) is 26.4 Å². The smallest absolute Gasteiger partial charge is 0.416 e. The third-order valence-corrected chi connectivity index (χ3v) is 10.6. The Hall–Kier alpha value is -2.71. The highest BCUT2D eigenvalue weighted by Gasteiger charge is 2.55. The van der Waals surface area contributed by atoms with E-state index in [2.05, 4.69) is 10.4 Å². The Morgan fingerprint density at radius 3 is 2.32 bits per heavy atom. The fourth-order valence-corrected chi connectivity index (χ4v) is 7.88. The highest BCUT2D eigenvalue weighted by molar-refractivity contribution is 7.90. The Balaban J connectivity index is 1.63. The van der Waals surface area contributed by atoms with Gasteiger partial charge in [-0.3, -0.25) is 4.79 Å². The van der Waals surface area contributed by atoms with Gasteiger partial charge in [0.1, 0.15) is 12.4 Å². The maximum atomic E-state index is 14.8. The molecule has 2 aliphatic heterocycles. The molecule has 4 rings (SSSR count). The van der Waals surface area contributed by atoms with Crippen molar-refractivity contribution in [3.05, 3.63) is 65.7 Å². The van der Waals surface area contributed by atoms with Crippen LogP contribution in [0.25, 0.3) is 0 Å². The number of nitrogens with one attached hydrogen (secondary N) is 1. The van der Waals surface area contributed by atoms with E-state index in [-0.39, 0.29) is 31.9 Å². The number of benzene rings is 2. The molecule has 0 bridgehead atoms. The molecule has 2 aliphatic rings. The number of rotatable bonds is 15. The maximum Gasteiger partial charge on any atom is 0.416 e. The Morgan fingerprint density at radius 1 is 1.00 bits per heavy atom. The zero-order chi connectivity index (χ0) is 31.6. The molecular formula is C31H42F3N3O6S. The van der Waals surface area contributed by atoms with E-state index in [1.807, 2.05) is 6.92 Å². The molecule has 0 saturated carbocycles. The second kappa shape index (κ2) is 15.5. The zero-order valence-corrected chi connectivity index (χ0v) is 25.9. The number of likely N-dealkylation sites (tertiary alicyclic amines) is 1. The summed E-state index contributed by atoms with van der Waals surface area (Å²) in [7, 11) is -4.42. The molecule has 0 aliphatic carbocycles. The predicted octanol–water partition coefficient (Wildman–Crippen LogP) is 5.08. The second-order valence-corrected chi connectivity index (χ2v) is 13.3. The second-order valence-electron chi connectivity index (χ2n) is 11.1. The molecule has 44 heavy (non-hydrogen) atoms. The molecule has 2 atom stereocenters. The number of halogens is 3. The highest BCUT2D eigenvalue weighted by atomic mass is 32.2. The summed E-state index contributed by atoms with van der Waals surface area (Å²) >= 11 is 0. The third-order valence-electron chi connectivity index (χ3n) is 8.05. The topological polar surface area (TPSA) is 97.4 Å². The van der Waals surface area contributed by atoms with Gasteiger partial charge in [-0.2, -0.15) is 17.5 Å². The van der Waals surface area contributed by atoms with Gasteiger partial charge in [0.2, 0.25) is 10.0 Å². The number of carbonyl (C=O) groups is 1. The van der Waals surface area contributed by atoms with Gasteiger partial charge in [0.05, 0.1) is 5.56 Å². The van der Waals surface area contributed by atoms with Gasteiger partial charge in [0, 0.05) is 32.7 Å². The summed E-state index contributed by atoms with van der Waals surface area (Å²) in [6.07, 6.45) is -0.384. The minimum Gasteiger partial charge on any atom is -0.492 e. The molecule has 2 heterocycles. The van der Waals surface area contributed by atoms with Crippen LogP contribution in [0.3, 0.4) is 0 Å². The molecule has 2 aromatic rings. The van der Waals surface area contributed by atoms with E-state index in [0.29, 0.717) is 31.6 Å². The summed E-state index contributed by atoms with van der Waals surface area (Å²) in [6.45, 7) is 4.20. The third kappa shape index (κ3) is 8.30. The largest absolute Gasteiger partial charge is 0.492 e. The number of sulfonamides is 1. The number of amides is 1. The van der Waals surface area contributed by atoms with Crippen LogP contribution in [0.4, 0.5) is 13.2 Å². The van der Waals surface area contributed by atoms with Crippen LogP contribution in [-0.2, 0) is 35.3 Å². The Morgan fingerprint density at radius 2 is 1.70 bits per heavy atom. The van der Waals surface area contributed by atoms with E-state index < -0.39 is 38.7 Å². The fraction of sp³-hybridized carbons (Fsp3) is 0.581. The van der Waals surface area contributed by atoms with Crippen LogP contribution >= 0.6 is 0 Å². The normalized spacial score (nSPS) is 19.5. The number of carbonyl (C=O) groups excluding carboxylic acids is 1. The number of hydrogen-bond donors (Lipinski definition) is 1. The standard InChI is InChI=1S/C31H42F3N3O6S/c1-2-18-37(22-24-41-27-15-13-26(14-16-27)31(32,33)34)44(39,40)30(25-10-4-3-5-11-25,17-21-36-19-7-8-20-36)29(38)35-43-28-12-6-9-23-42-28/h3-5,10-11,13-16,28H,2,6-9,12,17-24H2,1H3,(H,35,38). The van der Waals surface area contributed by atoms with Gasteiger partial charge < -0.3 is 14.4 Å². The number of ether oxygens (including phenoxy) is 2. The molecule has 9 nitrogen and oxygen atoms in total. The molecule has 0 radical (unpaired) electrons. The van der Waals surface area contributed by atoms with Crippen LogP contribution in [-0.4, -0.2) is 75.8 Å². The minimum absolute atomic E-state index is 0.0138. The molecule has 244 valence electrons. The van der Waals surface area contributed by atoms with Crippen LogP contribution < -0.4 is 10.2 Å². The average Bonchev–Trinajstić information content (AvgIpc) is 3.54. The van der Waals surface area contributed by atoms with Crippen molar-refractivity contribution in [1.29, 1.82) is 0 Å². The molecule has 0 spiro atoms. The van der Waals surface area contributed by atoms with E-state index in [1.165, 1.54) is 16.4 Å². The van der Waals surface area contributed by atoms with Gasteiger partial charge >= 0.3 is 6.18 Å². The molecule has 2 unspecified atom stereocenters. The van der Waals surface area contributed by atoms with Gasteiger partial charge in [0.25, 0.3) is 5.91 Å². The summed E-state index contributed by atoms with van der Waals surface area (Å²) in [6, 6.07) is 12.7. The monoisotopic (exact) mass is 641 g/mol. The molecule has 2 aromatic carbocycles. The van der Waals surface area contributed by atoms with Crippen molar-refractivity contribution >= 4 is 15.9 Å². The SMILES string of the molecule is CCCN(CCOc1ccc(C(F)(F)F)cc1)S(=O)(=O)C(CCN1CCCC1)(C(=O)NOC1CCCCO1)c1ccccc1. The van der Waals surface area contributed by atoms with Gasteiger partial charge in [-0.1, -0.05) is 37.3 Å². The molecular weight excluding hydrogens is 599 g/mol. The molecule has 0 aromatic heterocycles. The van der Waals surface area contributed by atoms with Crippen molar-refractivity contribution in [2.24, 2.45) is 0 Å². The van der Waals surface area contributed by atoms with Crippen LogP contribution in [0, 0.1) is 0 Å². The number of hydroxylamine groups is 1. The van der Waals surface area contributed by atoms with Crippen LogP contribution in [0.1, 0.15) is 63.0 Å². The van der Waals surface area contributed by atoms with Crippen molar-refractivity contribution in [3.63, 3.8) is 0 Å². The first-order valence-corrected chi connectivity index (χ1v) is 16.7. The van der Waals surface area contributed by atoms with Crippen molar-refractivity contribution < 1.29 is 40.7 Å². The zero-order valence-electron chi connectivity index (χ0n) is 25.1. The van der Waals surface area contributed by atoms with Crippen molar-refractivity contribution in [3.8, 4) is 5.75 Å². The lowest BCUT2D eigenvalue weighted by Crippen LogP contribution is -2.57. The van der Waals surface area contributed by atoms with Crippen LogP contribution in [0.15, 0.2) is 54.6 Å².